The molecule has 2 aliphatic heterocycles. The molecular formula is C29H28N2O3. The fourth-order valence-corrected chi connectivity index (χ4v) is 5.00. The van der Waals surface area contributed by atoms with Crippen LogP contribution in [0.3, 0.4) is 0 Å². The number of amides is 2. The van der Waals surface area contributed by atoms with E-state index in [1.54, 1.807) is 4.90 Å². The van der Waals surface area contributed by atoms with Crippen molar-refractivity contribution in [2.75, 3.05) is 23.0 Å². The van der Waals surface area contributed by atoms with Gasteiger partial charge in [-0.2, -0.15) is 0 Å². The second-order valence-electron chi connectivity index (χ2n) is 9.38. The van der Waals surface area contributed by atoms with E-state index in [4.69, 9.17) is 4.74 Å². The molecule has 0 N–H and O–H groups in total. The van der Waals surface area contributed by atoms with Gasteiger partial charge in [0, 0.05) is 23.4 Å². The zero-order chi connectivity index (χ0) is 23.9. The van der Waals surface area contributed by atoms with Gasteiger partial charge in [-0.3, -0.25) is 14.5 Å². The summed E-state index contributed by atoms with van der Waals surface area (Å²) in [5.41, 5.74) is 5.17. The minimum atomic E-state index is -0.481. The van der Waals surface area contributed by atoms with E-state index in [1.807, 2.05) is 92.4 Å². The van der Waals surface area contributed by atoms with Gasteiger partial charge < -0.3 is 9.64 Å². The van der Waals surface area contributed by atoms with Crippen LogP contribution in [0.15, 0.2) is 78.9 Å². The van der Waals surface area contributed by atoms with Crippen LogP contribution in [-0.2, 0) is 11.2 Å². The van der Waals surface area contributed by atoms with Crippen molar-refractivity contribution in [3.8, 4) is 5.75 Å². The maximum atomic E-state index is 13.4. The van der Waals surface area contributed by atoms with E-state index in [0.29, 0.717) is 17.9 Å². The summed E-state index contributed by atoms with van der Waals surface area (Å²) in [5.74, 6) is 0.503. The number of allylic oxidation sites excluding steroid dienone is 1. The summed E-state index contributed by atoms with van der Waals surface area (Å²) in [6.07, 6.45) is 2.97. The van der Waals surface area contributed by atoms with Crippen molar-refractivity contribution in [3.63, 3.8) is 0 Å². The second-order valence-corrected chi connectivity index (χ2v) is 9.38. The molecule has 0 atom stereocenters. The quantitative estimate of drug-likeness (QED) is 0.525. The van der Waals surface area contributed by atoms with Crippen LogP contribution < -0.4 is 14.5 Å². The number of carbonyl (C=O) groups is 2. The van der Waals surface area contributed by atoms with E-state index < -0.39 is 5.54 Å². The lowest BCUT2D eigenvalue weighted by atomic mass is 9.88. The van der Waals surface area contributed by atoms with Crippen LogP contribution in [0.1, 0.15) is 42.3 Å². The Kier molecular flexibility index (Phi) is 5.48. The number of hydrogen-bond acceptors (Lipinski definition) is 3. The lowest BCUT2D eigenvalue weighted by molar-refractivity contribution is -0.120. The molecule has 0 saturated carbocycles. The number of nitrogens with zero attached hydrogens (tertiary/aromatic N) is 2. The van der Waals surface area contributed by atoms with Crippen molar-refractivity contribution < 1.29 is 14.3 Å². The summed E-state index contributed by atoms with van der Waals surface area (Å²) < 4.78 is 5.92. The molecule has 0 unspecified atom stereocenters. The number of benzene rings is 3. The predicted molar refractivity (Wildman–Crippen MR) is 135 cm³/mol. The lowest BCUT2D eigenvalue weighted by Gasteiger charge is -2.41. The molecular weight excluding hydrogens is 424 g/mol. The number of rotatable bonds is 4. The largest absolute Gasteiger partial charge is 0.484 e. The minimum Gasteiger partial charge on any atom is -0.484 e. The van der Waals surface area contributed by atoms with Gasteiger partial charge in [0.05, 0.1) is 11.2 Å². The van der Waals surface area contributed by atoms with Crippen LogP contribution in [0.2, 0.25) is 0 Å². The molecule has 5 heteroatoms. The van der Waals surface area contributed by atoms with E-state index in [-0.39, 0.29) is 18.4 Å². The van der Waals surface area contributed by atoms with E-state index in [0.717, 1.165) is 28.9 Å². The topological polar surface area (TPSA) is 49.9 Å². The Labute approximate surface area is 200 Å². The third kappa shape index (κ3) is 3.87. The normalized spacial score (nSPS) is 15.9. The number of carbonyl (C=O) groups excluding carboxylic acids is 2. The standard InChI is InChI=1S/C29H28N2O3/c1-20-18-29(2,3)31(28(33)22-10-5-4-6-11-22)26-14-13-23(17-24(20)26)34-19-27(32)30-16-15-21-9-7-8-12-25(21)30/h4-14,17-18H,15-16,19H2,1-3H3. The summed E-state index contributed by atoms with van der Waals surface area (Å²) in [5, 5.41) is 0. The SMILES string of the molecule is CC1=CC(C)(C)N(C(=O)c2ccccc2)c2ccc(OCC(=O)N3CCc4ccccc43)cc21. The summed E-state index contributed by atoms with van der Waals surface area (Å²) >= 11 is 0. The van der Waals surface area contributed by atoms with E-state index in [1.165, 1.54) is 5.56 Å². The fourth-order valence-electron chi connectivity index (χ4n) is 5.00. The summed E-state index contributed by atoms with van der Waals surface area (Å²) in [7, 11) is 0. The zero-order valence-corrected chi connectivity index (χ0v) is 19.7. The maximum Gasteiger partial charge on any atom is 0.264 e. The number of para-hydroxylation sites is 1. The first-order valence-electron chi connectivity index (χ1n) is 11.6. The first-order chi connectivity index (χ1) is 16.3. The molecule has 0 radical (unpaired) electrons. The van der Waals surface area contributed by atoms with E-state index >= 15 is 0 Å². The van der Waals surface area contributed by atoms with Crippen LogP contribution in [0.25, 0.3) is 5.57 Å². The second kappa shape index (κ2) is 8.49. The Bertz CT molecular complexity index is 1290. The Morgan fingerprint density at radius 2 is 1.68 bits per heavy atom. The van der Waals surface area contributed by atoms with Gasteiger partial charge >= 0.3 is 0 Å². The third-order valence-corrected chi connectivity index (χ3v) is 6.55. The molecule has 5 rings (SSSR count). The molecule has 2 heterocycles. The van der Waals surface area contributed by atoms with Crippen molar-refractivity contribution in [1.29, 1.82) is 0 Å². The molecule has 3 aromatic rings. The highest BCUT2D eigenvalue weighted by Gasteiger charge is 2.36. The van der Waals surface area contributed by atoms with E-state index in [2.05, 4.69) is 12.1 Å². The van der Waals surface area contributed by atoms with Gasteiger partial charge in [-0.15, -0.1) is 0 Å². The molecule has 0 spiro atoms. The number of hydrogen-bond donors (Lipinski definition) is 0. The van der Waals surface area contributed by atoms with Gasteiger partial charge in [0.2, 0.25) is 0 Å². The van der Waals surface area contributed by atoms with Gasteiger partial charge in [-0.1, -0.05) is 42.5 Å². The van der Waals surface area contributed by atoms with Crippen molar-refractivity contribution in [2.24, 2.45) is 0 Å². The van der Waals surface area contributed by atoms with Gasteiger partial charge in [0.15, 0.2) is 6.61 Å². The summed E-state index contributed by atoms with van der Waals surface area (Å²) in [4.78, 5) is 29.9. The molecule has 0 aromatic heterocycles. The van der Waals surface area contributed by atoms with Crippen molar-refractivity contribution in [2.45, 2.75) is 32.7 Å². The van der Waals surface area contributed by atoms with Crippen LogP contribution in [-0.4, -0.2) is 30.5 Å². The lowest BCUT2D eigenvalue weighted by Crippen LogP contribution is -2.49. The van der Waals surface area contributed by atoms with Gasteiger partial charge in [0.25, 0.3) is 11.8 Å². The molecule has 0 bridgehead atoms. The fraction of sp³-hybridized carbons (Fsp3) is 0.241. The van der Waals surface area contributed by atoms with E-state index in [9.17, 15) is 9.59 Å². The molecule has 3 aromatic carbocycles. The van der Waals surface area contributed by atoms with Gasteiger partial charge in [0.1, 0.15) is 5.75 Å². The first-order valence-corrected chi connectivity index (χ1v) is 11.6. The molecule has 172 valence electrons. The highest BCUT2D eigenvalue weighted by molar-refractivity contribution is 6.10. The number of ether oxygens (including phenoxy) is 1. The average Bonchev–Trinajstić information content (AvgIpc) is 3.27. The zero-order valence-electron chi connectivity index (χ0n) is 19.7. The minimum absolute atomic E-state index is 0.0337. The van der Waals surface area contributed by atoms with Crippen LogP contribution in [0, 0.1) is 0 Å². The molecule has 0 fully saturated rings. The van der Waals surface area contributed by atoms with Gasteiger partial charge in [-0.05, 0) is 74.7 Å². The number of anilines is 2. The Balaban J connectivity index is 1.38. The third-order valence-electron chi connectivity index (χ3n) is 6.55. The van der Waals surface area contributed by atoms with Gasteiger partial charge in [-0.25, -0.2) is 0 Å². The van der Waals surface area contributed by atoms with Crippen LogP contribution in [0.5, 0.6) is 5.75 Å². The van der Waals surface area contributed by atoms with Crippen LogP contribution in [0.4, 0.5) is 11.4 Å². The molecule has 5 nitrogen and oxygen atoms in total. The smallest absolute Gasteiger partial charge is 0.264 e. The van der Waals surface area contributed by atoms with Crippen molar-refractivity contribution in [3.05, 3.63) is 95.6 Å². The van der Waals surface area contributed by atoms with Crippen LogP contribution >= 0.6 is 0 Å². The highest BCUT2D eigenvalue weighted by Crippen LogP contribution is 2.41. The Hall–Kier alpha value is -3.86. The van der Waals surface area contributed by atoms with Crippen molar-refractivity contribution in [1.82, 2.24) is 0 Å². The molecule has 0 saturated heterocycles. The molecule has 2 amide bonds. The molecule has 34 heavy (non-hydrogen) atoms. The molecule has 2 aliphatic rings. The Morgan fingerprint density at radius 1 is 0.941 bits per heavy atom. The first kappa shape index (κ1) is 22.0. The predicted octanol–water partition coefficient (Wildman–Crippen LogP) is 5.50. The average molecular weight is 453 g/mol. The number of fused-ring (bicyclic) bond motifs is 2. The maximum absolute atomic E-state index is 13.4. The monoisotopic (exact) mass is 452 g/mol. The Morgan fingerprint density at radius 3 is 2.47 bits per heavy atom. The highest BCUT2D eigenvalue weighted by atomic mass is 16.5. The summed E-state index contributed by atoms with van der Waals surface area (Å²) in [6, 6.07) is 23.0. The molecule has 0 aliphatic carbocycles. The summed E-state index contributed by atoms with van der Waals surface area (Å²) in [6.45, 7) is 6.77. The van der Waals surface area contributed by atoms with Crippen molar-refractivity contribution >= 4 is 28.8 Å².